The zero-order valence-corrected chi connectivity index (χ0v) is 18.1. The molecule has 1 aliphatic heterocycles. The van der Waals surface area contributed by atoms with Crippen LogP contribution < -0.4 is 11.1 Å². The van der Waals surface area contributed by atoms with Crippen LogP contribution in [0.2, 0.25) is 0 Å². The Hall–Kier alpha value is -2.28. The van der Waals surface area contributed by atoms with Crippen LogP contribution in [0.1, 0.15) is 11.1 Å². The van der Waals surface area contributed by atoms with Gasteiger partial charge < -0.3 is 20.9 Å². The van der Waals surface area contributed by atoms with Gasteiger partial charge in [-0.05, 0) is 42.4 Å². The zero-order chi connectivity index (χ0) is 19.2. The third kappa shape index (κ3) is 7.57. The fourth-order valence-corrected chi connectivity index (χ4v) is 3.07. The Labute approximate surface area is 184 Å². The van der Waals surface area contributed by atoms with Crippen molar-refractivity contribution in [2.75, 3.05) is 44.3 Å². The standard InChI is InChI=1S/C21H26N4O2.2ClH/c1-24-10-12-25(13-11-24)21(27)15-17-4-8-19(9-5-17)23-20(26)14-16-2-6-18(22)7-3-16;;/h2-9H,10-15,22H2,1H3,(H,23,26);2*1H. The second-order valence-corrected chi connectivity index (χ2v) is 7.02. The lowest BCUT2D eigenvalue weighted by molar-refractivity contribution is -0.132. The number of likely N-dealkylation sites (N-methyl/N-ethyl adjacent to an activating group) is 1. The summed E-state index contributed by atoms with van der Waals surface area (Å²) >= 11 is 0. The number of anilines is 2. The van der Waals surface area contributed by atoms with Crippen molar-refractivity contribution >= 4 is 48.0 Å². The maximum absolute atomic E-state index is 12.4. The van der Waals surface area contributed by atoms with Crippen LogP contribution in [0, 0.1) is 0 Å². The SMILES string of the molecule is CN1CCN(C(=O)Cc2ccc(NC(=O)Cc3ccc(N)cc3)cc2)CC1.Cl.Cl. The van der Waals surface area contributed by atoms with Crippen molar-refractivity contribution in [1.82, 2.24) is 9.80 Å². The summed E-state index contributed by atoms with van der Waals surface area (Å²) in [6, 6.07) is 14.7. The molecule has 1 saturated heterocycles. The molecular weight excluding hydrogens is 411 g/mol. The molecular formula is C21H28Cl2N4O2. The van der Waals surface area contributed by atoms with Gasteiger partial charge in [0.25, 0.3) is 0 Å². The Bertz CT molecular complexity index is 789. The summed E-state index contributed by atoms with van der Waals surface area (Å²) in [6.45, 7) is 3.42. The number of piperazine rings is 1. The van der Waals surface area contributed by atoms with E-state index in [2.05, 4.69) is 17.3 Å². The number of hydrogen-bond acceptors (Lipinski definition) is 4. The van der Waals surface area contributed by atoms with Gasteiger partial charge in [-0.25, -0.2) is 0 Å². The number of amides is 2. The van der Waals surface area contributed by atoms with Gasteiger partial charge in [-0.2, -0.15) is 0 Å². The topological polar surface area (TPSA) is 78.7 Å². The van der Waals surface area contributed by atoms with Gasteiger partial charge in [0.2, 0.25) is 11.8 Å². The predicted octanol–water partition coefficient (Wildman–Crippen LogP) is 2.61. The van der Waals surface area contributed by atoms with Crippen molar-refractivity contribution in [1.29, 1.82) is 0 Å². The molecule has 29 heavy (non-hydrogen) atoms. The minimum atomic E-state index is -0.0824. The Morgan fingerprint density at radius 1 is 0.862 bits per heavy atom. The van der Waals surface area contributed by atoms with E-state index in [4.69, 9.17) is 5.73 Å². The van der Waals surface area contributed by atoms with Crippen LogP contribution in [-0.2, 0) is 22.4 Å². The van der Waals surface area contributed by atoms with Crippen LogP contribution in [0.5, 0.6) is 0 Å². The average molecular weight is 439 g/mol. The van der Waals surface area contributed by atoms with Gasteiger partial charge in [-0.1, -0.05) is 24.3 Å². The van der Waals surface area contributed by atoms with Crippen molar-refractivity contribution in [2.24, 2.45) is 0 Å². The van der Waals surface area contributed by atoms with Crippen molar-refractivity contribution in [3.8, 4) is 0 Å². The van der Waals surface area contributed by atoms with Crippen molar-refractivity contribution in [3.63, 3.8) is 0 Å². The lowest BCUT2D eigenvalue weighted by Gasteiger charge is -2.32. The third-order valence-corrected chi connectivity index (χ3v) is 4.79. The van der Waals surface area contributed by atoms with Crippen LogP contribution in [0.4, 0.5) is 11.4 Å². The quantitative estimate of drug-likeness (QED) is 0.703. The number of halogens is 2. The molecule has 3 N–H and O–H groups in total. The minimum absolute atomic E-state index is 0. The number of carbonyl (C=O) groups excluding carboxylic acids is 2. The molecule has 2 aromatic carbocycles. The molecule has 2 aromatic rings. The lowest BCUT2D eigenvalue weighted by Crippen LogP contribution is -2.47. The lowest BCUT2D eigenvalue weighted by atomic mass is 10.1. The van der Waals surface area contributed by atoms with E-state index in [1.807, 2.05) is 41.3 Å². The summed E-state index contributed by atoms with van der Waals surface area (Å²) in [6.07, 6.45) is 0.688. The van der Waals surface area contributed by atoms with Crippen molar-refractivity contribution < 1.29 is 9.59 Å². The first-order valence-electron chi connectivity index (χ1n) is 9.19. The van der Waals surface area contributed by atoms with E-state index in [0.717, 1.165) is 43.0 Å². The van der Waals surface area contributed by atoms with Crippen LogP contribution in [0.25, 0.3) is 0 Å². The van der Waals surface area contributed by atoms with E-state index < -0.39 is 0 Å². The minimum Gasteiger partial charge on any atom is -0.399 e. The molecule has 1 aliphatic rings. The average Bonchev–Trinajstić information content (AvgIpc) is 2.66. The molecule has 1 fully saturated rings. The van der Waals surface area contributed by atoms with Gasteiger partial charge in [-0.3, -0.25) is 9.59 Å². The highest BCUT2D eigenvalue weighted by Crippen LogP contribution is 2.13. The first-order valence-corrected chi connectivity index (χ1v) is 9.19. The Balaban J connectivity index is 0.00000210. The molecule has 0 unspecified atom stereocenters. The van der Waals surface area contributed by atoms with E-state index >= 15 is 0 Å². The molecule has 2 amide bonds. The molecule has 6 nitrogen and oxygen atoms in total. The molecule has 0 atom stereocenters. The van der Waals surface area contributed by atoms with Gasteiger partial charge in [0.15, 0.2) is 0 Å². The first kappa shape index (κ1) is 24.8. The Kier molecular flexibility index (Phi) is 9.95. The summed E-state index contributed by atoms with van der Waals surface area (Å²) in [5.74, 6) is 0.0734. The largest absolute Gasteiger partial charge is 0.399 e. The van der Waals surface area contributed by atoms with Crippen LogP contribution in [0.3, 0.4) is 0 Å². The molecule has 3 rings (SSSR count). The van der Waals surface area contributed by atoms with Gasteiger partial charge in [0.1, 0.15) is 0 Å². The van der Waals surface area contributed by atoms with E-state index in [1.54, 1.807) is 12.1 Å². The van der Waals surface area contributed by atoms with Gasteiger partial charge >= 0.3 is 0 Å². The van der Waals surface area contributed by atoms with Crippen LogP contribution in [0.15, 0.2) is 48.5 Å². The molecule has 0 aliphatic carbocycles. The monoisotopic (exact) mass is 438 g/mol. The summed E-state index contributed by atoms with van der Waals surface area (Å²) in [5, 5.41) is 2.88. The Morgan fingerprint density at radius 2 is 1.38 bits per heavy atom. The fourth-order valence-electron chi connectivity index (χ4n) is 3.07. The Morgan fingerprint density at radius 3 is 1.97 bits per heavy atom. The van der Waals surface area contributed by atoms with E-state index in [9.17, 15) is 9.59 Å². The van der Waals surface area contributed by atoms with Crippen LogP contribution in [-0.4, -0.2) is 54.8 Å². The predicted molar refractivity (Wildman–Crippen MR) is 122 cm³/mol. The number of nitrogens with two attached hydrogens (primary N) is 1. The number of hydrogen-bond donors (Lipinski definition) is 2. The highest BCUT2D eigenvalue weighted by molar-refractivity contribution is 5.92. The number of nitrogens with zero attached hydrogens (tertiary/aromatic N) is 2. The molecule has 0 aromatic heterocycles. The van der Waals surface area contributed by atoms with Crippen molar-refractivity contribution in [2.45, 2.75) is 12.8 Å². The molecule has 0 saturated carbocycles. The summed E-state index contributed by atoms with van der Waals surface area (Å²) in [4.78, 5) is 28.7. The molecule has 0 spiro atoms. The van der Waals surface area contributed by atoms with Gasteiger partial charge in [0, 0.05) is 37.6 Å². The third-order valence-electron chi connectivity index (χ3n) is 4.79. The number of nitrogens with one attached hydrogen (secondary N) is 1. The second-order valence-electron chi connectivity index (χ2n) is 7.02. The first-order chi connectivity index (χ1) is 13.0. The van der Waals surface area contributed by atoms with Gasteiger partial charge in [0.05, 0.1) is 12.8 Å². The molecule has 1 heterocycles. The van der Waals surface area contributed by atoms with E-state index in [-0.39, 0.29) is 36.6 Å². The van der Waals surface area contributed by atoms with Crippen LogP contribution >= 0.6 is 24.8 Å². The van der Waals surface area contributed by atoms with E-state index in [0.29, 0.717) is 18.5 Å². The molecule has 8 heteroatoms. The summed E-state index contributed by atoms with van der Waals surface area (Å²) < 4.78 is 0. The maximum atomic E-state index is 12.4. The van der Waals surface area contributed by atoms with Gasteiger partial charge in [-0.15, -0.1) is 24.8 Å². The smallest absolute Gasteiger partial charge is 0.228 e. The number of carbonyl (C=O) groups is 2. The summed E-state index contributed by atoms with van der Waals surface area (Å²) in [7, 11) is 2.07. The number of rotatable bonds is 5. The second kappa shape index (κ2) is 11.7. The van der Waals surface area contributed by atoms with Crippen molar-refractivity contribution in [3.05, 3.63) is 59.7 Å². The molecule has 0 bridgehead atoms. The normalized spacial score (nSPS) is 13.8. The maximum Gasteiger partial charge on any atom is 0.228 e. The fraction of sp³-hybridized carbons (Fsp3) is 0.333. The zero-order valence-electron chi connectivity index (χ0n) is 16.5. The number of benzene rings is 2. The highest BCUT2D eigenvalue weighted by Gasteiger charge is 2.19. The van der Waals surface area contributed by atoms with E-state index in [1.165, 1.54) is 0 Å². The molecule has 158 valence electrons. The summed E-state index contributed by atoms with van der Waals surface area (Å²) in [5.41, 5.74) is 8.93. The highest BCUT2D eigenvalue weighted by atomic mass is 35.5. The molecule has 0 radical (unpaired) electrons. The number of nitrogen functional groups attached to an aromatic ring is 1.